The molecule has 1 atom stereocenters. The Morgan fingerprint density at radius 1 is 1.31 bits per heavy atom. The number of piperazine rings is 1. The fourth-order valence-corrected chi connectivity index (χ4v) is 1.82. The Balaban J connectivity index is 2.50. The molecule has 0 amide bonds. The Morgan fingerprint density at radius 3 is 2.44 bits per heavy atom. The van der Waals surface area contributed by atoms with Gasteiger partial charge in [-0.15, -0.1) is 0 Å². The van der Waals surface area contributed by atoms with Gasteiger partial charge in [-0.3, -0.25) is 9.69 Å². The molecule has 0 aromatic rings. The fourth-order valence-electron chi connectivity index (χ4n) is 1.82. The minimum absolute atomic E-state index is 0.196. The van der Waals surface area contributed by atoms with Crippen LogP contribution in [0.4, 0.5) is 0 Å². The lowest BCUT2D eigenvalue weighted by Gasteiger charge is -2.36. The molecule has 0 bridgehead atoms. The SMILES string of the molecule is CCOC[C@H](C(=O)OC)N1CCN(C)CC1. The van der Waals surface area contributed by atoms with E-state index in [1.165, 1.54) is 7.11 Å². The van der Waals surface area contributed by atoms with Crippen LogP contribution in [0.2, 0.25) is 0 Å². The highest BCUT2D eigenvalue weighted by molar-refractivity contribution is 5.75. The molecule has 0 aromatic carbocycles. The third kappa shape index (κ3) is 3.73. The summed E-state index contributed by atoms with van der Waals surface area (Å²) in [5.74, 6) is -0.196. The molecule has 1 heterocycles. The van der Waals surface area contributed by atoms with E-state index in [1.807, 2.05) is 6.92 Å². The zero-order chi connectivity index (χ0) is 12.0. The maximum atomic E-state index is 11.6. The average molecular weight is 230 g/mol. The predicted octanol–water partition coefficient (Wildman–Crippen LogP) is -0.188. The van der Waals surface area contributed by atoms with Crippen molar-refractivity contribution >= 4 is 5.97 Å². The summed E-state index contributed by atoms with van der Waals surface area (Å²) in [6.07, 6.45) is 0. The van der Waals surface area contributed by atoms with Gasteiger partial charge in [0.1, 0.15) is 6.04 Å². The van der Waals surface area contributed by atoms with Crippen LogP contribution in [0.5, 0.6) is 0 Å². The number of carbonyl (C=O) groups excluding carboxylic acids is 1. The van der Waals surface area contributed by atoms with E-state index in [0.29, 0.717) is 13.2 Å². The molecule has 94 valence electrons. The van der Waals surface area contributed by atoms with E-state index >= 15 is 0 Å². The first-order valence-electron chi connectivity index (χ1n) is 5.77. The summed E-state index contributed by atoms with van der Waals surface area (Å²) in [5, 5.41) is 0. The molecule has 0 aliphatic carbocycles. The van der Waals surface area contributed by atoms with E-state index in [1.54, 1.807) is 0 Å². The second-order valence-corrected chi connectivity index (χ2v) is 4.04. The number of hydrogen-bond donors (Lipinski definition) is 0. The predicted molar refractivity (Wildman–Crippen MR) is 61.4 cm³/mol. The van der Waals surface area contributed by atoms with Crippen molar-refractivity contribution in [3.8, 4) is 0 Å². The minimum Gasteiger partial charge on any atom is -0.468 e. The number of hydrogen-bond acceptors (Lipinski definition) is 5. The van der Waals surface area contributed by atoms with Gasteiger partial charge in [-0.05, 0) is 14.0 Å². The van der Waals surface area contributed by atoms with E-state index in [9.17, 15) is 4.79 Å². The Hall–Kier alpha value is -0.650. The van der Waals surface area contributed by atoms with Crippen LogP contribution in [-0.4, -0.2) is 75.4 Å². The van der Waals surface area contributed by atoms with Gasteiger partial charge in [-0.25, -0.2) is 0 Å². The second kappa shape index (κ2) is 6.83. The van der Waals surface area contributed by atoms with Crippen LogP contribution in [-0.2, 0) is 14.3 Å². The van der Waals surface area contributed by atoms with Gasteiger partial charge in [-0.1, -0.05) is 0 Å². The van der Waals surface area contributed by atoms with Crippen LogP contribution in [0.25, 0.3) is 0 Å². The molecule has 1 saturated heterocycles. The van der Waals surface area contributed by atoms with E-state index in [0.717, 1.165) is 26.2 Å². The number of methoxy groups -OCH3 is 1. The van der Waals surface area contributed by atoms with Crippen molar-refractivity contribution in [3.05, 3.63) is 0 Å². The smallest absolute Gasteiger partial charge is 0.325 e. The van der Waals surface area contributed by atoms with Gasteiger partial charge in [0, 0.05) is 32.8 Å². The van der Waals surface area contributed by atoms with Crippen molar-refractivity contribution in [2.75, 3.05) is 53.6 Å². The average Bonchev–Trinajstić information content (AvgIpc) is 2.31. The Morgan fingerprint density at radius 2 is 1.94 bits per heavy atom. The lowest BCUT2D eigenvalue weighted by molar-refractivity contribution is -0.150. The summed E-state index contributed by atoms with van der Waals surface area (Å²) >= 11 is 0. The zero-order valence-corrected chi connectivity index (χ0v) is 10.4. The molecule has 1 fully saturated rings. The number of ether oxygens (including phenoxy) is 2. The molecular formula is C11H22N2O3. The van der Waals surface area contributed by atoms with Crippen LogP contribution in [0.1, 0.15) is 6.92 Å². The summed E-state index contributed by atoms with van der Waals surface area (Å²) in [7, 11) is 3.52. The molecule has 5 nitrogen and oxygen atoms in total. The molecule has 1 rings (SSSR count). The Labute approximate surface area is 97.3 Å². The van der Waals surface area contributed by atoms with E-state index in [4.69, 9.17) is 9.47 Å². The van der Waals surface area contributed by atoms with Crippen LogP contribution in [0.15, 0.2) is 0 Å². The standard InChI is InChI=1S/C11H22N2O3/c1-4-16-9-10(11(14)15-3)13-7-5-12(2)6-8-13/h10H,4-9H2,1-3H3/t10-/m1/s1. The first-order valence-corrected chi connectivity index (χ1v) is 5.77. The number of likely N-dealkylation sites (N-methyl/N-ethyl adjacent to an activating group) is 1. The highest BCUT2D eigenvalue weighted by Gasteiger charge is 2.28. The van der Waals surface area contributed by atoms with Crippen molar-refractivity contribution in [1.82, 2.24) is 9.80 Å². The summed E-state index contributed by atoms with van der Waals surface area (Å²) < 4.78 is 10.2. The molecule has 0 saturated carbocycles. The molecule has 0 aromatic heterocycles. The van der Waals surface area contributed by atoms with Gasteiger partial charge in [0.05, 0.1) is 13.7 Å². The number of rotatable bonds is 5. The zero-order valence-electron chi connectivity index (χ0n) is 10.4. The molecule has 0 unspecified atom stereocenters. The van der Waals surface area contributed by atoms with Crippen molar-refractivity contribution in [2.45, 2.75) is 13.0 Å². The van der Waals surface area contributed by atoms with Crippen LogP contribution in [0.3, 0.4) is 0 Å². The molecular weight excluding hydrogens is 208 g/mol. The molecule has 0 spiro atoms. The maximum Gasteiger partial charge on any atom is 0.325 e. The maximum absolute atomic E-state index is 11.6. The first kappa shape index (κ1) is 13.4. The van der Waals surface area contributed by atoms with Crippen LogP contribution in [0, 0.1) is 0 Å². The fraction of sp³-hybridized carbons (Fsp3) is 0.909. The van der Waals surface area contributed by atoms with Gasteiger partial charge < -0.3 is 14.4 Å². The van der Waals surface area contributed by atoms with Crippen LogP contribution >= 0.6 is 0 Å². The summed E-state index contributed by atoms with van der Waals surface area (Å²) in [6, 6.07) is -0.251. The van der Waals surface area contributed by atoms with Crippen molar-refractivity contribution in [2.24, 2.45) is 0 Å². The Bertz CT molecular complexity index is 215. The third-order valence-electron chi connectivity index (χ3n) is 2.93. The van der Waals surface area contributed by atoms with Crippen molar-refractivity contribution < 1.29 is 14.3 Å². The van der Waals surface area contributed by atoms with E-state index in [2.05, 4.69) is 16.8 Å². The summed E-state index contributed by atoms with van der Waals surface area (Å²) in [4.78, 5) is 16.0. The minimum atomic E-state index is -0.251. The topological polar surface area (TPSA) is 42.0 Å². The molecule has 1 aliphatic heterocycles. The summed E-state index contributed by atoms with van der Waals surface area (Å²) in [5.41, 5.74) is 0. The largest absolute Gasteiger partial charge is 0.468 e. The van der Waals surface area contributed by atoms with Crippen molar-refractivity contribution in [3.63, 3.8) is 0 Å². The van der Waals surface area contributed by atoms with E-state index in [-0.39, 0.29) is 12.0 Å². The van der Waals surface area contributed by atoms with Gasteiger partial charge in [0.2, 0.25) is 0 Å². The third-order valence-corrected chi connectivity index (χ3v) is 2.93. The van der Waals surface area contributed by atoms with Gasteiger partial charge >= 0.3 is 5.97 Å². The molecule has 5 heteroatoms. The van der Waals surface area contributed by atoms with Crippen molar-refractivity contribution in [1.29, 1.82) is 0 Å². The van der Waals surface area contributed by atoms with Gasteiger partial charge in [-0.2, -0.15) is 0 Å². The van der Waals surface area contributed by atoms with Crippen LogP contribution < -0.4 is 0 Å². The molecule has 0 N–H and O–H groups in total. The lowest BCUT2D eigenvalue weighted by Crippen LogP contribution is -2.53. The number of carbonyl (C=O) groups is 1. The number of esters is 1. The first-order chi connectivity index (χ1) is 7.69. The van der Waals surface area contributed by atoms with Gasteiger partial charge in [0.15, 0.2) is 0 Å². The monoisotopic (exact) mass is 230 g/mol. The Kier molecular flexibility index (Phi) is 5.73. The highest BCUT2D eigenvalue weighted by Crippen LogP contribution is 2.07. The quantitative estimate of drug-likeness (QED) is 0.613. The highest BCUT2D eigenvalue weighted by atomic mass is 16.5. The number of nitrogens with zero attached hydrogens (tertiary/aromatic N) is 2. The van der Waals surface area contributed by atoms with E-state index < -0.39 is 0 Å². The lowest BCUT2D eigenvalue weighted by atomic mass is 10.2. The molecule has 1 aliphatic rings. The summed E-state index contributed by atoms with van der Waals surface area (Å²) in [6.45, 7) is 6.73. The molecule has 16 heavy (non-hydrogen) atoms. The van der Waals surface area contributed by atoms with Gasteiger partial charge in [0.25, 0.3) is 0 Å². The normalized spacial score (nSPS) is 20.7. The second-order valence-electron chi connectivity index (χ2n) is 4.04. The molecule has 0 radical (unpaired) electrons.